The number of esters is 2. The van der Waals surface area contributed by atoms with Crippen molar-refractivity contribution < 1.29 is 62.4 Å². The number of nitrogens with two attached hydrogens (primary N) is 1. The third-order valence-electron chi connectivity index (χ3n) is 11.8. The second kappa shape index (κ2) is 30.1. The van der Waals surface area contributed by atoms with Crippen molar-refractivity contribution in [2.45, 2.75) is 77.7 Å². The molecule has 2 atom stereocenters. The number of Topliss-reactive ketones (excluding diaryl/α,β-unsaturated/α-hetero) is 1. The third-order valence-corrected chi connectivity index (χ3v) is 14.3. The van der Waals surface area contributed by atoms with Crippen LogP contribution in [0.3, 0.4) is 0 Å². The summed E-state index contributed by atoms with van der Waals surface area (Å²) in [6.07, 6.45) is 5.54. The lowest BCUT2D eigenvalue weighted by Crippen LogP contribution is -2.47. The number of carboxylic acid groups (broad SMARTS) is 1. The summed E-state index contributed by atoms with van der Waals surface area (Å²) in [5.41, 5.74) is 10.7. The molecule has 2 aliphatic heterocycles. The fourth-order valence-corrected chi connectivity index (χ4v) is 9.61. The first-order valence-corrected chi connectivity index (χ1v) is 25.8. The molecule has 20 nitrogen and oxygen atoms in total. The van der Waals surface area contributed by atoms with Gasteiger partial charge in [-0.1, -0.05) is 60.7 Å². The summed E-state index contributed by atoms with van der Waals surface area (Å²) < 4.78 is 22.3. The number of amides is 4. The van der Waals surface area contributed by atoms with E-state index in [-0.39, 0.29) is 69.2 Å². The number of nitrogens with zero attached hydrogens (tertiary/aromatic N) is 4. The fraction of sp³-hybridized carbons (Fsp3) is 0.358. The molecule has 23 heteroatoms. The van der Waals surface area contributed by atoms with Gasteiger partial charge in [0.15, 0.2) is 19.0 Å². The lowest BCUT2D eigenvalue weighted by Gasteiger charge is -2.19. The molecule has 6 heterocycles. The lowest BCUT2D eigenvalue weighted by atomic mass is 10.1. The number of hydrogen-bond acceptors (Lipinski definition) is 17. The van der Waals surface area contributed by atoms with Crippen LogP contribution >= 0.6 is 35.1 Å². The molecule has 4 amide bonds. The Balaban J connectivity index is 0.000000234. The number of aromatic nitrogens is 2. The Bertz CT molecular complexity index is 2930. The zero-order valence-electron chi connectivity index (χ0n) is 41.9. The molecular weight excluding hydrogens is 1040 g/mol. The van der Waals surface area contributed by atoms with Gasteiger partial charge in [0.25, 0.3) is 11.8 Å². The molecule has 8 rings (SSSR count). The summed E-state index contributed by atoms with van der Waals surface area (Å²) in [7, 11) is 0. The first kappa shape index (κ1) is 59.3. The Hall–Kier alpha value is -7.53. The van der Waals surface area contributed by atoms with Crippen molar-refractivity contribution in [2.24, 2.45) is 5.73 Å². The molecule has 2 aliphatic rings. The normalized spacial score (nSPS) is 13.4. The Labute approximate surface area is 452 Å². The van der Waals surface area contributed by atoms with Gasteiger partial charge in [-0.3, -0.25) is 24.4 Å². The highest BCUT2D eigenvalue weighted by Crippen LogP contribution is 2.29. The number of carbonyl (C=O) groups excluding carboxylic acids is 7. The Morgan fingerprint density at radius 1 is 0.618 bits per heavy atom. The van der Waals surface area contributed by atoms with E-state index in [0.29, 0.717) is 35.9 Å². The van der Waals surface area contributed by atoms with E-state index in [9.17, 15) is 38.4 Å². The maximum atomic E-state index is 12.9. The Morgan fingerprint density at radius 3 is 1.47 bits per heavy atom. The Morgan fingerprint density at radius 2 is 1.04 bits per heavy atom. The number of ketones is 1. The van der Waals surface area contributed by atoms with Gasteiger partial charge in [-0.25, -0.2) is 24.0 Å². The summed E-state index contributed by atoms with van der Waals surface area (Å²) in [4.78, 5) is 109. The number of thiophene rings is 2. The van der Waals surface area contributed by atoms with Crippen LogP contribution in [0.4, 0.5) is 9.59 Å². The van der Waals surface area contributed by atoms with Crippen LogP contribution in [-0.4, -0.2) is 131 Å². The molecule has 0 aliphatic carbocycles. The number of pyridine rings is 2. The summed E-state index contributed by atoms with van der Waals surface area (Å²) in [5, 5.41) is 13.6. The topological polar surface area (TPSA) is 276 Å². The number of fused-ring (bicyclic) bond motifs is 2. The number of nitrogens with one attached hydrogen (secondary N) is 2. The average Bonchev–Trinajstić information content (AvgIpc) is 4.28. The second-order valence-corrected chi connectivity index (χ2v) is 19.4. The van der Waals surface area contributed by atoms with Crippen LogP contribution in [0.1, 0.15) is 80.1 Å². The predicted octanol–water partition coefficient (Wildman–Crippen LogP) is 7.16. The molecule has 0 bridgehead atoms. The zero-order valence-corrected chi connectivity index (χ0v) is 44.4. The van der Waals surface area contributed by atoms with Crippen LogP contribution in [-0.2, 0) is 51.3 Å². The van der Waals surface area contributed by atoms with E-state index in [1.807, 2.05) is 86.6 Å². The third kappa shape index (κ3) is 18.1. The SMILES string of the molecule is Cc1ccnc2cc(C(=O)CC[C@@H](NC(=O)OCc3ccccc3)C(=O)OCC(=O)N3CCCC3)sc12.Cc1ccnc2cc(C(=O)O)sc12.Cl.NC[C@@H](NC(=O)OCc1ccccc1)C(=O)OCC(=O)N1CCCC1. The highest BCUT2D eigenvalue weighted by atomic mass is 35.5. The molecule has 0 spiro atoms. The minimum absolute atomic E-state index is 0. The largest absolute Gasteiger partial charge is 0.477 e. The van der Waals surface area contributed by atoms with Crippen LogP contribution in [0.2, 0.25) is 0 Å². The fourth-order valence-electron chi connectivity index (χ4n) is 7.63. The minimum atomic E-state index is -1.15. The van der Waals surface area contributed by atoms with Crippen molar-refractivity contribution in [3.8, 4) is 0 Å². The molecule has 5 N–H and O–H groups in total. The van der Waals surface area contributed by atoms with Crippen LogP contribution in [0.15, 0.2) is 97.3 Å². The quantitative estimate of drug-likeness (QED) is 0.0377. The molecule has 404 valence electrons. The van der Waals surface area contributed by atoms with E-state index in [0.717, 1.165) is 68.4 Å². The molecular formula is C53H60ClN7O13S2. The zero-order chi connectivity index (χ0) is 53.7. The smallest absolute Gasteiger partial charge is 0.408 e. The first-order chi connectivity index (χ1) is 36.2. The molecule has 76 heavy (non-hydrogen) atoms. The maximum absolute atomic E-state index is 12.9. The predicted molar refractivity (Wildman–Crippen MR) is 286 cm³/mol. The number of halogens is 1. The second-order valence-electron chi connectivity index (χ2n) is 17.3. The van der Waals surface area contributed by atoms with Crippen molar-refractivity contribution in [3.05, 3.63) is 129 Å². The number of aryl methyl sites for hydroxylation is 2. The molecule has 0 unspecified atom stereocenters. The minimum Gasteiger partial charge on any atom is -0.477 e. The number of ether oxygens (including phenoxy) is 4. The summed E-state index contributed by atoms with van der Waals surface area (Å²) in [6, 6.07) is 23.1. The summed E-state index contributed by atoms with van der Waals surface area (Å²) >= 11 is 2.62. The lowest BCUT2D eigenvalue weighted by molar-refractivity contribution is -0.153. The average molecular weight is 1100 g/mol. The number of hydrogen-bond donors (Lipinski definition) is 4. The molecule has 2 aromatic carbocycles. The summed E-state index contributed by atoms with van der Waals surface area (Å²) in [5.74, 6) is -3.12. The number of benzene rings is 2. The number of carbonyl (C=O) groups is 8. The van der Waals surface area contributed by atoms with Gasteiger partial charge in [0.05, 0.1) is 25.3 Å². The highest BCUT2D eigenvalue weighted by Gasteiger charge is 2.28. The van der Waals surface area contributed by atoms with Gasteiger partial charge in [-0.15, -0.1) is 35.1 Å². The number of aromatic carboxylic acids is 1. The molecule has 0 saturated carbocycles. The molecule has 6 aromatic rings. The van der Waals surface area contributed by atoms with E-state index < -0.39 is 48.8 Å². The van der Waals surface area contributed by atoms with Crippen molar-refractivity contribution in [3.63, 3.8) is 0 Å². The molecule has 2 saturated heterocycles. The summed E-state index contributed by atoms with van der Waals surface area (Å²) in [6.45, 7) is 5.73. The van der Waals surface area contributed by atoms with Crippen LogP contribution < -0.4 is 16.4 Å². The van der Waals surface area contributed by atoms with Crippen LogP contribution in [0, 0.1) is 13.8 Å². The first-order valence-electron chi connectivity index (χ1n) is 24.2. The van der Waals surface area contributed by atoms with Crippen molar-refractivity contribution in [1.29, 1.82) is 0 Å². The van der Waals surface area contributed by atoms with Gasteiger partial charge in [-0.05, 0) is 92.5 Å². The number of rotatable bonds is 18. The van der Waals surface area contributed by atoms with E-state index in [2.05, 4.69) is 20.6 Å². The number of carboxylic acids is 1. The van der Waals surface area contributed by atoms with Crippen LogP contribution in [0.25, 0.3) is 20.4 Å². The van der Waals surface area contributed by atoms with E-state index >= 15 is 0 Å². The van der Waals surface area contributed by atoms with E-state index in [1.54, 1.807) is 34.3 Å². The van der Waals surface area contributed by atoms with E-state index in [1.165, 1.54) is 22.7 Å². The standard InChI is InChI=1S/C27H29N3O6S.C17H23N3O5.C9H7NO2S.ClH/c1-18-11-12-28-21-15-23(37-25(18)21)22(31)10-9-20(26(33)35-17-24(32)30-13-5-6-14-30)29-27(34)36-16-19-7-3-2-4-8-19;18-10-14(16(22)24-12-15(21)20-8-4-5-9-20)19-17(23)25-11-13-6-2-1-3-7-13;1-5-2-3-10-6-4-7(9(11)12)13-8(5)6;/h2-4,7-8,11-12,15,20H,5-6,9-10,13-14,16-17H2,1H3,(H,29,34);1-3,6-7,14H,4-5,8-12,18H2,(H,19,23);2-4H,1H3,(H,11,12);1H/t20-;14-;;/m11../s1. The molecule has 0 radical (unpaired) electrons. The maximum Gasteiger partial charge on any atom is 0.408 e. The van der Waals surface area contributed by atoms with Crippen molar-refractivity contribution >= 4 is 103 Å². The van der Waals surface area contributed by atoms with Gasteiger partial charge in [0, 0.05) is 51.5 Å². The monoisotopic (exact) mass is 1100 g/mol. The van der Waals surface area contributed by atoms with E-state index in [4.69, 9.17) is 29.8 Å². The number of likely N-dealkylation sites (tertiary alicyclic amines) is 2. The van der Waals surface area contributed by atoms with Gasteiger partial charge < -0.3 is 50.2 Å². The van der Waals surface area contributed by atoms with Gasteiger partial charge in [0.2, 0.25) is 0 Å². The van der Waals surface area contributed by atoms with Crippen LogP contribution in [0.5, 0.6) is 0 Å². The van der Waals surface area contributed by atoms with Gasteiger partial charge >= 0.3 is 30.1 Å². The highest BCUT2D eigenvalue weighted by molar-refractivity contribution is 7.21. The number of alkyl carbamates (subject to hydrolysis) is 2. The van der Waals surface area contributed by atoms with Gasteiger partial charge in [0.1, 0.15) is 30.2 Å². The van der Waals surface area contributed by atoms with Crippen molar-refractivity contribution in [2.75, 3.05) is 45.9 Å². The van der Waals surface area contributed by atoms with Crippen molar-refractivity contribution in [1.82, 2.24) is 30.4 Å². The molecule has 4 aromatic heterocycles. The molecule has 2 fully saturated rings. The van der Waals surface area contributed by atoms with Gasteiger partial charge in [-0.2, -0.15) is 0 Å². The Kier molecular flexibility index (Phi) is 23.5.